The van der Waals surface area contributed by atoms with Crippen LogP contribution in [0.4, 0.5) is 0 Å². The molecule has 98 valence electrons. The molecule has 1 fully saturated rings. The van der Waals surface area contributed by atoms with Crippen molar-refractivity contribution in [1.29, 1.82) is 0 Å². The molecule has 0 aromatic carbocycles. The molecule has 5 heteroatoms. The van der Waals surface area contributed by atoms with E-state index in [9.17, 15) is 9.59 Å². The number of carbonyl (C=O) groups excluding carboxylic acids is 1. The molecule has 1 N–H and O–H groups in total. The first-order valence-electron chi connectivity index (χ1n) is 6.11. The molecule has 2 heterocycles. The van der Waals surface area contributed by atoms with Crippen LogP contribution < -0.4 is 0 Å². The van der Waals surface area contributed by atoms with Crippen molar-refractivity contribution >= 4 is 11.9 Å². The number of carboxylic acid groups (broad SMARTS) is 1. The van der Waals surface area contributed by atoms with Gasteiger partial charge in [0.1, 0.15) is 11.8 Å². The fourth-order valence-electron chi connectivity index (χ4n) is 2.42. The van der Waals surface area contributed by atoms with Gasteiger partial charge in [0.15, 0.2) is 5.76 Å². The van der Waals surface area contributed by atoms with Crippen molar-refractivity contribution in [2.45, 2.75) is 39.2 Å². The fourth-order valence-corrected chi connectivity index (χ4v) is 2.42. The van der Waals surface area contributed by atoms with Gasteiger partial charge in [-0.2, -0.15) is 0 Å². The molecule has 18 heavy (non-hydrogen) atoms. The number of hydrogen-bond donors (Lipinski definition) is 1. The van der Waals surface area contributed by atoms with E-state index in [2.05, 4.69) is 0 Å². The van der Waals surface area contributed by atoms with Gasteiger partial charge in [0.2, 0.25) is 0 Å². The highest BCUT2D eigenvalue weighted by Gasteiger charge is 2.34. The van der Waals surface area contributed by atoms with Gasteiger partial charge in [0.25, 0.3) is 5.91 Å². The summed E-state index contributed by atoms with van der Waals surface area (Å²) in [6, 6.07) is 1.06. The number of piperidine rings is 1. The van der Waals surface area contributed by atoms with E-state index in [-0.39, 0.29) is 11.7 Å². The van der Waals surface area contributed by atoms with Crippen LogP contribution >= 0.6 is 0 Å². The van der Waals surface area contributed by atoms with Crippen molar-refractivity contribution in [1.82, 2.24) is 4.90 Å². The Morgan fingerprint density at radius 3 is 2.67 bits per heavy atom. The summed E-state index contributed by atoms with van der Waals surface area (Å²) >= 11 is 0. The lowest BCUT2D eigenvalue weighted by Crippen LogP contribution is -2.48. The lowest BCUT2D eigenvalue weighted by molar-refractivity contribution is -0.143. The number of carboxylic acids is 1. The second-order valence-corrected chi connectivity index (χ2v) is 4.72. The molecule has 1 aromatic heterocycles. The van der Waals surface area contributed by atoms with Gasteiger partial charge in [0.05, 0.1) is 0 Å². The molecule has 1 saturated heterocycles. The molecule has 0 aliphatic carbocycles. The number of furan rings is 1. The summed E-state index contributed by atoms with van der Waals surface area (Å²) in [4.78, 5) is 24.9. The van der Waals surface area contributed by atoms with Gasteiger partial charge in [-0.05, 0) is 39.2 Å². The number of carbonyl (C=O) groups is 2. The molecule has 0 bridgehead atoms. The maximum atomic E-state index is 12.3. The third kappa shape index (κ3) is 2.25. The van der Waals surface area contributed by atoms with Crippen LogP contribution in [0.15, 0.2) is 10.5 Å². The molecule has 0 spiro atoms. The molecule has 1 atom stereocenters. The number of aliphatic carboxylic acids is 1. The van der Waals surface area contributed by atoms with Crippen LogP contribution in [-0.4, -0.2) is 34.5 Å². The zero-order valence-corrected chi connectivity index (χ0v) is 10.6. The number of likely N-dealkylation sites (tertiary alicyclic amines) is 1. The van der Waals surface area contributed by atoms with Crippen molar-refractivity contribution in [3.8, 4) is 0 Å². The third-order valence-corrected chi connectivity index (χ3v) is 3.28. The Balaban J connectivity index is 2.26. The molecule has 1 aliphatic rings. The van der Waals surface area contributed by atoms with Gasteiger partial charge in [-0.3, -0.25) is 4.79 Å². The van der Waals surface area contributed by atoms with Crippen LogP contribution in [0.25, 0.3) is 0 Å². The summed E-state index contributed by atoms with van der Waals surface area (Å²) in [5.74, 6) is -0.322. The maximum Gasteiger partial charge on any atom is 0.326 e. The van der Waals surface area contributed by atoms with Gasteiger partial charge in [-0.15, -0.1) is 0 Å². The summed E-state index contributed by atoms with van der Waals surface area (Å²) in [5.41, 5.74) is 0.757. The minimum absolute atomic E-state index is 0.264. The minimum Gasteiger partial charge on any atom is -0.480 e. The zero-order chi connectivity index (χ0) is 13.3. The molecular formula is C13H17NO4. The SMILES string of the molecule is Cc1cc(C)c(C(=O)N2CCCCC2C(=O)O)o1. The van der Waals surface area contributed by atoms with Gasteiger partial charge in [0, 0.05) is 12.1 Å². The molecular weight excluding hydrogens is 234 g/mol. The van der Waals surface area contributed by atoms with Crippen LogP contribution in [0.3, 0.4) is 0 Å². The van der Waals surface area contributed by atoms with E-state index in [1.54, 1.807) is 19.9 Å². The average Bonchev–Trinajstić information content (AvgIpc) is 2.67. The summed E-state index contributed by atoms with van der Waals surface area (Å²) in [7, 11) is 0. The van der Waals surface area contributed by atoms with Crippen LogP contribution in [0, 0.1) is 13.8 Å². The molecule has 1 aliphatic heterocycles. The summed E-state index contributed by atoms with van der Waals surface area (Å²) in [6.07, 6.45) is 2.20. The van der Waals surface area contributed by atoms with Gasteiger partial charge >= 0.3 is 5.97 Å². The van der Waals surface area contributed by atoms with Gasteiger partial charge in [-0.25, -0.2) is 4.79 Å². The van der Waals surface area contributed by atoms with Crippen molar-refractivity contribution < 1.29 is 19.1 Å². The maximum absolute atomic E-state index is 12.3. The van der Waals surface area contributed by atoms with Crippen molar-refractivity contribution in [2.75, 3.05) is 6.54 Å². The standard InChI is InChI=1S/C13H17NO4/c1-8-7-9(2)18-11(8)12(15)14-6-4-3-5-10(14)13(16)17/h7,10H,3-6H2,1-2H3,(H,16,17). The first-order chi connectivity index (χ1) is 8.50. The highest BCUT2D eigenvalue weighted by atomic mass is 16.4. The lowest BCUT2D eigenvalue weighted by Gasteiger charge is -2.32. The number of hydrogen-bond acceptors (Lipinski definition) is 3. The molecule has 2 rings (SSSR count). The number of nitrogens with zero attached hydrogens (tertiary/aromatic N) is 1. The Bertz CT molecular complexity index is 477. The second-order valence-electron chi connectivity index (χ2n) is 4.72. The van der Waals surface area contributed by atoms with Crippen LogP contribution in [0.2, 0.25) is 0 Å². The van der Waals surface area contributed by atoms with Crippen LogP contribution in [-0.2, 0) is 4.79 Å². The molecule has 1 unspecified atom stereocenters. The van der Waals surface area contributed by atoms with Gasteiger partial charge in [-0.1, -0.05) is 0 Å². The van der Waals surface area contributed by atoms with E-state index in [0.29, 0.717) is 18.7 Å². The molecule has 0 radical (unpaired) electrons. The van der Waals surface area contributed by atoms with E-state index in [1.807, 2.05) is 0 Å². The highest BCUT2D eigenvalue weighted by Crippen LogP contribution is 2.22. The smallest absolute Gasteiger partial charge is 0.326 e. The zero-order valence-electron chi connectivity index (χ0n) is 10.6. The third-order valence-electron chi connectivity index (χ3n) is 3.28. The van der Waals surface area contributed by atoms with E-state index in [4.69, 9.17) is 9.52 Å². The van der Waals surface area contributed by atoms with Crippen LogP contribution in [0.5, 0.6) is 0 Å². The first-order valence-corrected chi connectivity index (χ1v) is 6.11. The Kier molecular flexibility index (Phi) is 3.41. The second kappa shape index (κ2) is 4.84. The summed E-state index contributed by atoms with van der Waals surface area (Å²) in [5, 5.41) is 9.15. The Labute approximate surface area is 105 Å². The predicted molar refractivity (Wildman–Crippen MR) is 64.5 cm³/mol. The largest absolute Gasteiger partial charge is 0.480 e. The number of rotatable bonds is 2. The highest BCUT2D eigenvalue weighted by molar-refractivity contribution is 5.95. The predicted octanol–water partition coefficient (Wildman–Crippen LogP) is 1.98. The van der Waals surface area contributed by atoms with Crippen molar-refractivity contribution in [2.24, 2.45) is 0 Å². The average molecular weight is 251 g/mol. The lowest BCUT2D eigenvalue weighted by atomic mass is 10.0. The molecule has 0 saturated carbocycles. The quantitative estimate of drug-likeness (QED) is 0.872. The van der Waals surface area contributed by atoms with E-state index < -0.39 is 12.0 Å². The fraction of sp³-hybridized carbons (Fsp3) is 0.538. The molecule has 5 nitrogen and oxygen atoms in total. The van der Waals surface area contributed by atoms with E-state index in [1.165, 1.54) is 4.90 Å². The number of aryl methyl sites for hydroxylation is 2. The molecule has 1 amide bonds. The first kappa shape index (κ1) is 12.7. The van der Waals surface area contributed by atoms with E-state index >= 15 is 0 Å². The van der Waals surface area contributed by atoms with E-state index in [0.717, 1.165) is 18.4 Å². The van der Waals surface area contributed by atoms with Crippen molar-refractivity contribution in [3.05, 3.63) is 23.2 Å². The minimum atomic E-state index is -0.941. The summed E-state index contributed by atoms with van der Waals surface area (Å²) in [6.45, 7) is 4.05. The Morgan fingerprint density at radius 2 is 2.11 bits per heavy atom. The topological polar surface area (TPSA) is 70.8 Å². The number of amides is 1. The van der Waals surface area contributed by atoms with Crippen molar-refractivity contribution in [3.63, 3.8) is 0 Å². The van der Waals surface area contributed by atoms with Gasteiger partial charge < -0.3 is 14.4 Å². The van der Waals surface area contributed by atoms with Crippen LogP contribution in [0.1, 0.15) is 41.1 Å². The normalized spacial score (nSPS) is 19.9. The Hall–Kier alpha value is -1.78. The summed E-state index contributed by atoms with van der Waals surface area (Å²) < 4.78 is 5.37. The monoisotopic (exact) mass is 251 g/mol. The molecule has 1 aromatic rings. The Morgan fingerprint density at radius 1 is 1.39 bits per heavy atom.